The Labute approximate surface area is 125 Å². The number of pyridine rings is 1. The molecule has 3 aromatic rings. The van der Waals surface area contributed by atoms with Crippen LogP contribution in [0.4, 0.5) is 0 Å². The van der Waals surface area contributed by atoms with Gasteiger partial charge in [-0.3, -0.25) is 4.98 Å². The molecule has 0 aliphatic heterocycles. The Bertz CT molecular complexity index is 879. The summed E-state index contributed by atoms with van der Waals surface area (Å²) in [4.78, 5) is 15.2. The molecular weight excluding hydrogens is 280 g/mol. The number of carbonyl (C=O) groups is 1. The van der Waals surface area contributed by atoms with Crippen molar-refractivity contribution in [2.45, 2.75) is 0 Å². The van der Waals surface area contributed by atoms with Crippen molar-refractivity contribution in [3.8, 4) is 23.0 Å². The van der Waals surface area contributed by atoms with Crippen LogP contribution < -0.4 is 0 Å². The molecule has 0 saturated carbocycles. The van der Waals surface area contributed by atoms with Crippen molar-refractivity contribution < 1.29 is 9.90 Å². The Balaban J connectivity index is 2.05. The molecular formula is C16H10N4O2. The topological polar surface area (TPSA) is 91.8 Å². The number of aromatic nitrogens is 3. The van der Waals surface area contributed by atoms with E-state index in [4.69, 9.17) is 5.11 Å². The molecule has 0 atom stereocenters. The quantitative estimate of drug-likeness (QED) is 0.800. The molecule has 1 aromatic carbocycles. The number of rotatable bonds is 3. The Kier molecular flexibility index (Phi) is 3.38. The second kappa shape index (κ2) is 5.50. The molecule has 0 bridgehead atoms. The van der Waals surface area contributed by atoms with E-state index in [0.29, 0.717) is 16.9 Å². The number of hydrogen-bond donors (Lipinski definition) is 1. The SMILES string of the molecule is N#Cc1cc(-n2cc(C(=O)O)cn2)cnc1-c1ccccc1. The van der Waals surface area contributed by atoms with E-state index in [-0.39, 0.29) is 5.56 Å². The van der Waals surface area contributed by atoms with Crippen LogP contribution in [0.2, 0.25) is 0 Å². The van der Waals surface area contributed by atoms with Gasteiger partial charge in [0.1, 0.15) is 6.07 Å². The first kappa shape index (κ1) is 13.5. The highest BCUT2D eigenvalue weighted by Gasteiger charge is 2.11. The van der Waals surface area contributed by atoms with E-state index in [2.05, 4.69) is 16.2 Å². The highest BCUT2D eigenvalue weighted by Crippen LogP contribution is 2.22. The van der Waals surface area contributed by atoms with Crippen molar-refractivity contribution in [3.63, 3.8) is 0 Å². The monoisotopic (exact) mass is 290 g/mol. The highest BCUT2D eigenvalue weighted by molar-refractivity contribution is 5.87. The Morgan fingerprint density at radius 1 is 1.23 bits per heavy atom. The van der Waals surface area contributed by atoms with Crippen LogP contribution in [0.15, 0.2) is 55.0 Å². The Morgan fingerprint density at radius 2 is 2.00 bits per heavy atom. The molecule has 6 nitrogen and oxygen atoms in total. The van der Waals surface area contributed by atoms with Gasteiger partial charge in [-0.15, -0.1) is 0 Å². The summed E-state index contributed by atoms with van der Waals surface area (Å²) in [7, 11) is 0. The number of carboxylic acid groups (broad SMARTS) is 1. The van der Waals surface area contributed by atoms with Crippen LogP contribution in [-0.4, -0.2) is 25.8 Å². The van der Waals surface area contributed by atoms with E-state index in [1.54, 1.807) is 12.3 Å². The molecule has 0 saturated heterocycles. The third kappa shape index (κ3) is 2.43. The van der Waals surface area contributed by atoms with E-state index in [0.717, 1.165) is 5.56 Å². The van der Waals surface area contributed by atoms with Crippen LogP contribution >= 0.6 is 0 Å². The number of hydrogen-bond acceptors (Lipinski definition) is 4. The molecule has 2 heterocycles. The van der Waals surface area contributed by atoms with Crippen molar-refractivity contribution in [1.29, 1.82) is 5.26 Å². The number of benzene rings is 1. The molecule has 0 aliphatic rings. The molecule has 2 aromatic heterocycles. The fourth-order valence-corrected chi connectivity index (χ4v) is 2.06. The molecule has 0 aliphatic carbocycles. The van der Waals surface area contributed by atoms with Crippen LogP contribution in [0.5, 0.6) is 0 Å². The van der Waals surface area contributed by atoms with Gasteiger partial charge in [-0.2, -0.15) is 10.4 Å². The van der Waals surface area contributed by atoms with E-state index in [1.165, 1.54) is 17.1 Å². The molecule has 106 valence electrons. The van der Waals surface area contributed by atoms with Crippen molar-refractivity contribution in [3.05, 3.63) is 66.1 Å². The maximum atomic E-state index is 10.9. The van der Waals surface area contributed by atoms with Gasteiger partial charge in [0.15, 0.2) is 0 Å². The lowest BCUT2D eigenvalue weighted by Crippen LogP contribution is -1.99. The second-order valence-corrected chi connectivity index (χ2v) is 4.55. The Hall–Kier alpha value is -3.46. The summed E-state index contributed by atoms with van der Waals surface area (Å²) in [6, 6.07) is 13.1. The van der Waals surface area contributed by atoms with Gasteiger partial charge in [-0.1, -0.05) is 30.3 Å². The predicted octanol–water partition coefficient (Wildman–Crippen LogP) is 2.50. The van der Waals surface area contributed by atoms with Crippen molar-refractivity contribution in [2.75, 3.05) is 0 Å². The maximum Gasteiger partial charge on any atom is 0.338 e. The fourth-order valence-electron chi connectivity index (χ4n) is 2.06. The third-order valence-electron chi connectivity index (χ3n) is 3.14. The second-order valence-electron chi connectivity index (χ2n) is 4.55. The average molecular weight is 290 g/mol. The van der Waals surface area contributed by atoms with Gasteiger partial charge in [-0.25, -0.2) is 9.48 Å². The lowest BCUT2D eigenvalue weighted by Gasteiger charge is -2.06. The van der Waals surface area contributed by atoms with Gasteiger partial charge >= 0.3 is 5.97 Å². The maximum absolute atomic E-state index is 10.9. The molecule has 0 spiro atoms. The van der Waals surface area contributed by atoms with Crippen molar-refractivity contribution in [1.82, 2.24) is 14.8 Å². The number of carboxylic acids is 1. The minimum absolute atomic E-state index is 0.0747. The summed E-state index contributed by atoms with van der Waals surface area (Å²) < 4.78 is 1.38. The minimum Gasteiger partial charge on any atom is -0.478 e. The van der Waals surface area contributed by atoms with Crippen molar-refractivity contribution >= 4 is 5.97 Å². The zero-order valence-electron chi connectivity index (χ0n) is 11.3. The van der Waals surface area contributed by atoms with Crippen LogP contribution in [0.3, 0.4) is 0 Å². The number of aromatic carboxylic acids is 1. The van der Waals surface area contributed by atoms with Gasteiger partial charge in [-0.05, 0) is 6.07 Å². The largest absolute Gasteiger partial charge is 0.478 e. The molecule has 1 N–H and O–H groups in total. The first-order chi connectivity index (χ1) is 10.7. The summed E-state index contributed by atoms with van der Waals surface area (Å²) in [6.07, 6.45) is 4.18. The van der Waals surface area contributed by atoms with Gasteiger partial charge in [0, 0.05) is 11.8 Å². The summed E-state index contributed by atoms with van der Waals surface area (Å²) >= 11 is 0. The van der Waals surface area contributed by atoms with E-state index in [9.17, 15) is 10.1 Å². The van der Waals surface area contributed by atoms with E-state index in [1.807, 2.05) is 30.3 Å². The Morgan fingerprint density at radius 3 is 2.64 bits per heavy atom. The number of nitriles is 1. The van der Waals surface area contributed by atoms with Crippen LogP contribution in [0.1, 0.15) is 15.9 Å². The zero-order chi connectivity index (χ0) is 15.5. The van der Waals surface area contributed by atoms with Crippen LogP contribution in [-0.2, 0) is 0 Å². The third-order valence-corrected chi connectivity index (χ3v) is 3.14. The van der Waals surface area contributed by atoms with Gasteiger partial charge in [0.05, 0.1) is 34.9 Å². The van der Waals surface area contributed by atoms with Crippen LogP contribution in [0, 0.1) is 11.3 Å². The minimum atomic E-state index is -1.05. The average Bonchev–Trinajstić information content (AvgIpc) is 3.05. The number of nitrogens with zero attached hydrogens (tertiary/aromatic N) is 4. The summed E-state index contributed by atoms with van der Waals surface area (Å²) in [5.41, 5.74) is 2.43. The zero-order valence-corrected chi connectivity index (χ0v) is 11.3. The smallest absolute Gasteiger partial charge is 0.338 e. The predicted molar refractivity (Wildman–Crippen MR) is 78.5 cm³/mol. The van der Waals surface area contributed by atoms with Crippen LogP contribution in [0.25, 0.3) is 16.9 Å². The lowest BCUT2D eigenvalue weighted by molar-refractivity contribution is 0.0697. The summed E-state index contributed by atoms with van der Waals surface area (Å²) in [5.74, 6) is -1.05. The molecule has 6 heteroatoms. The van der Waals surface area contributed by atoms with Gasteiger partial charge in [0.25, 0.3) is 0 Å². The molecule has 22 heavy (non-hydrogen) atoms. The lowest BCUT2D eigenvalue weighted by atomic mass is 10.1. The van der Waals surface area contributed by atoms with Crippen molar-refractivity contribution in [2.24, 2.45) is 0 Å². The first-order valence-electron chi connectivity index (χ1n) is 6.43. The molecule has 0 fully saturated rings. The molecule has 3 rings (SSSR count). The first-order valence-corrected chi connectivity index (χ1v) is 6.43. The summed E-state index contributed by atoms with van der Waals surface area (Å²) in [6.45, 7) is 0. The van der Waals surface area contributed by atoms with E-state index >= 15 is 0 Å². The highest BCUT2D eigenvalue weighted by atomic mass is 16.4. The molecule has 0 unspecified atom stereocenters. The van der Waals surface area contributed by atoms with Gasteiger partial charge < -0.3 is 5.11 Å². The summed E-state index contributed by atoms with van der Waals surface area (Å²) in [5, 5.41) is 22.2. The standard InChI is InChI=1S/C16H10N4O2/c17-7-12-6-14(20-10-13(8-19-20)16(21)22)9-18-15(12)11-4-2-1-3-5-11/h1-6,8-10H,(H,21,22). The van der Waals surface area contributed by atoms with Gasteiger partial charge in [0.2, 0.25) is 0 Å². The van der Waals surface area contributed by atoms with E-state index < -0.39 is 5.97 Å². The fraction of sp³-hybridized carbons (Fsp3) is 0. The molecule has 0 radical (unpaired) electrons. The normalized spacial score (nSPS) is 10.1. The molecule has 0 amide bonds.